The van der Waals surface area contributed by atoms with Crippen LogP contribution in [-0.2, 0) is 17.8 Å². The number of hydrogen-bond acceptors (Lipinski definition) is 12. The van der Waals surface area contributed by atoms with Gasteiger partial charge in [0, 0.05) is 54.5 Å². The highest BCUT2D eigenvalue weighted by Crippen LogP contribution is 2.37. The van der Waals surface area contributed by atoms with E-state index < -0.39 is 6.10 Å². The highest BCUT2D eigenvalue weighted by molar-refractivity contribution is 6.33. The normalized spacial score (nSPS) is 16.4. The number of nitrogens with zero attached hydrogens (tertiary/aromatic N) is 5. The molecule has 0 spiro atoms. The van der Waals surface area contributed by atoms with Gasteiger partial charge in [-0.25, -0.2) is 15.0 Å². The Labute approximate surface area is 261 Å². The SMILES string of the molecule is CNC[C@@H](O)COc1ccc(Cl)c(-c2nc(/C(C(C)=N)=C(\C)O)c(C)c(N3Cc4cnc(OC5CCOCC5)nc4C3)n2)c1. The lowest BCUT2D eigenvalue weighted by Gasteiger charge is -2.22. The number of anilines is 1. The lowest BCUT2D eigenvalue weighted by Crippen LogP contribution is -2.29. The maximum Gasteiger partial charge on any atom is 0.316 e. The summed E-state index contributed by atoms with van der Waals surface area (Å²) in [6, 6.07) is 5.48. The molecule has 1 atom stereocenters. The molecule has 5 rings (SSSR count). The molecule has 0 radical (unpaired) electrons. The number of ether oxygens (including phenoxy) is 3. The van der Waals surface area contributed by atoms with Crippen LogP contribution >= 0.6 is 11.6 Å². The number of allylic oxidation sites excluding steroid dienone is 2. The molecular formula is C31H38ClN7O5. The molecule has 12 nitrogen and oxygen atoms in total. The third kappa shape index (κ3) is 7.10. The Bertz CT molecular complexity index is 1560. The van der Waals surface area contributed by atoms with E-state index in [2.05, 4.69) is 15.2 Å². The molecule has 2 aliphatic rings. The van der Waals surface area contributed by atoms with Crippen LogP contribution in [-0.4, -0.2) is 81.5 Å². The molecule has 0 unspecified atom stereocenters. The number of halogens is 1. The first-order chi connectivity index (χ1) is 21.1. The summed E-state index contributed by atoms with van der Waals surface area (Å²) in [4.78, 5) is 21.0. The van der Waals surface area contributed by atoms with Crippen molar-refractivity contribution in [3.05, 3.63) is 57.7 Å². The molecule has 234 valence electrons. The van der Waals surface area contributed by atoms with Gasteiger partial charge in [0.05, 0.1) is 41.7 Å². The lowest BCUT2D eigenvalue weighted by molar-refractivity contribution is 0.0216. The van der Waals surface area contributed by atoms with E-state index in [1.807, 2.05) is 6.92 Å². The Balaban J connectivity index is 1.51. The van der Waals surface area contributed by atoms with E-state index in [4.69, 9.17) is 46.2 Å². The Kier molecular flexibility index (Phi) is 9.94. The van der Waals surface area contributed by atoms with Crippen molar-refractivity contribution >= 4 is 28.7 Å². The van der Waals surface area contributed by atoms with Crippen molar-refractivity contribution < 1.29 is 24.4 Å². The summed E-state index contributed by atoms with van der Waals surface area (Å²) in [5.74, 6) is 1.38. The van der Waals surface area contributed by atoms with Crippen molar-refractivity contribution in [3.8, 4) is 23.1 Å². The number of aliphatic hydroxyl groups excluding tert-OH is 2. The second-order valence-corrected chi connectivity index (χ2v) is 11.4. The Morgan fingerprint density at radius 1 is 1.20 bits per heavy atom. The third-order valence-electron chi connectivity index (χ3n) is 7.53. The van der Waals surface area contributed by atoms with Crippen molar-refractivity contribution in [2.45, 2.75) is 58.9 Å². The van der Waals surface area contributed by atoms with Gasteiger partial charge in [0.15, 0.2) is 5.82 Å². The number of likely N-dealkylation sites (N-methyl/N-ethyl adjacent to an activating group) is 1. The van der Waals surface area contributed by atoms with Gasteiger partial charge in [0.1, 0.15) is 36.1 Å². The minimum atomic E-state index is -0.689. The fourth-order valence-corrected chi connectivity index (χ4v) is 5.54. The maximum atomic E-state index is 10.6. The number of nitrogens with one attached hydrogen (secondary N) is 2. The smallest absolute Gasteiger partial charge is 0.316 e. The predicted octanol–water partition coefficient (Wildman–Crippen LogP) is 4.26. The van der Waals surface area contributed by atoms with Crippen LogP contribution in [0.1, 0.15) is 49.2 Å². The number of aromatic nitrogens is 4. The third-order valence-corrected chi connectivity index (χ3v) is 7.86. The Hall–Kier alpha value is -3.84. The second kappa shape index (κ2) is 13.9. The number of rotatable bonds is 11. The molecule has 0 bridgehead atoms. The fraction of sp³-hybridized carbons (Fsp3) is 0.452. The van der Waals surface area contributed by atoms with E-state index in [0.717, 1.165) is 24.1 Å². The molecular weight excluding hydrogens is 586 g/mol. The lowest BCUT2D eigenvalue weighted by atomic mass is 10.0. The molecule has 1 fully saturated rings. The molecule has 4 N–H and O–H groups in total. The molecule has 4 heterocycles. The van der Waals surface area contributed by atoms with Gasteiger partial charge in [0.2, 0.25) is 0 Å². The summed E-state index contributed by atoms with van der Waals surface area (Å²) in [6.45, 7) is 7.78. The van der Waals surface area contributed by atoms with E-state index >= 15 is 0 Å². The summed E-state index contributed by atoms with van der Waals surface area (Å²) >= 11 is 6.67. The van der Waals surface area contributed by atoms with E-state index in [-0.39, 0.29) is 24.2 Å². The van der Waals surface area contributed by atoms with Crippen LogP contribution in [0.5, 0.6) is 11.8 Å². The van der Waals surface area contributed by atoms with E-state index in [1.165, 1.54) is 6.92 Å². The van der Waals surface area contributed by atoms with Gasteiger partial charge >= 0.3 is 6.01 Å². The predicted molar refractivity (Wildman–Crippen MR) is 168 cm³/mol. The van der Waals surface area contributed by atoms with Crippen LogP contribution in [0.15, 0.2) is 30.2 Å². The zero-order chi connectivity index (χ0) is 31.4. The molecule has 0 amide bonds. The first-order valence-electron chi connectivity index (χ1n) is 14.6. The van der Waals surface area contributed by atoms with Crippen molar-refractivity contribution in [1.29, 1.82) is 5.41 Å². The van der Waals surface area contributed by atoms with Gasteiger partial charge < -0.3 is 40.0 Å². The Morgan fingerprint density at radius 2 is 1.98 bits per heavy atom. The van der Waals surface area contributed by atoms with E-state index in [1.54, 1.807) is 38.4 Å². The molecule has 1 saturated heterocycles. The highest BCUT2D eigenvalue weighted by atomic mass is 35.5. The van der Waals surface area contributed by atoms with E-state index in [9.17, 15) is 10.2 Å². The molecule has 0 aliphatic carbocycles. The number of fused-ring (bicyclic) bond motifs is 1. The molecule has 2 aliphatic heterocycles. The summed E-state index contributed by atoms with van der Waals surface area (Å²) in [5.41, 5.74) is 3.91. The minimum absolute atomic E-state index is 0.0246. The molecule has 1 aromatic carbocycles. The quantitative estimate of drug-likeness (QED) is 0.179. The molecule has 3 aromatic rings. The number of benzene rings is 1. The van der Waals surface area contributed by atoms with Gasteiger partial charge in [-0.15, -0.1) is 0 Å². The zero-order valence-electron chi connectivity index (χ0n) is 25.4. The largest absolute Gasteiger partial charge is 0.512 e. The van der Waals surface area contributed by atoms with Crippen LogP contribution in [0, 0.1) is 12.3 Å². The summed E-state index contributed by atoms with van der Waals surface area (Å²) < 4.78 is 17.3. The highest BCUT2D eigenvalue weighted by Gasteiger charge is 2.29. The van der Waals surface area contributed by atoms with Gasteiger partial charge in [0.25, 0.3) is 0 Å². The van der Waals surface area contributed by atoms with Gasteiger partial charge in [-0.1, -0.05) is 11.6 Å². The molecule has 13 heteroatoms. The first-order valence-corrected chi connectivity index (χ1v) is 15.0. The van der Waals surface area contributed by atoms with E-state index in [0.29, 0.717) is 83.7 Å². The van der Waals surface area contributed by atoms with Gasteiger partial charge in [-0.3, -0.25) is 0 Å². The molecule has 2 aromatic heterocycles. The standard InChI is InChI=1S/C31H38ClN7O5/c1-17-28(27(18(2)33)19(3)40)37-29(24-11-23(5-6-25(24)32)43-16-21(41)13-34-4)38-30(17)39-14-20-12-35-31(36-26(20)15-39)44-22-7-9-42-10-8-22/h5-6,11-12,21-22,33-34,40-41H,7-10,13-16H2,1-4H3/b27-19+,33-18?/t21-/m1/s1. The summed E-state index contributed by atoms with van der Waals surface area (Å²) in [5, 5.41) is 32.4. The fourth-order valence-electron chi connectivity index (χ4n) is 5.33. The summed E-state index contributed by atoms with van der Waals surface area (Å²) in [6.07, 6.45) is 2.74. The Morgan fingerprint density at radius 3 is 2.68 bits per heavy atom. The molecule has 0 saturated carbocycles. The van der Waals surface area contributed by atoms with Crippen molar-refractivity contribution in [2.24, 2.45) is 0 Å². The topological polar surface area (TPSA) is 159 Å². The van der Waals surface area contributed by atoms with Crippen LogP contribution in [0.4, 0.5) is 5.82 Å². The first kappa shape index (κ1) is 31.6. The molecule has 44 heavy (non-hydrogen) atoms. The average Bonchev–Trinajstić information content (AvgIpc) is 3.41. The van der Waals surface area contributed by atoms with Gasteiger partial charge in [-0.2, -0.15) is 4.98 Å². The van der Waals surface area contributed by atoms with Gasteiger partial charge in [-0.05, 0) is 46.0 Å². The van der Waals surface area contributed by atoms with Crippen LogP contribution in [0.2, 0.25) is 5.02 Å². The average molecular weight is 624 g/mol. The maximum absolute atomic E-state index is 10.6. The number of hydrogen-bond donors (Lipinski definition) is 4. The van der Waals surface area contributed by atoms with Crippen LogP contribution in [0.3, 0.4) is 0 Å². The minimum Gasteiger partial charge on any atom is -0.512 e. The van der Waals surface area contributed by atoms with Crippen molar-refractivity contribution in [2.75, 3.05) is 38.3 Å². The van der Waals surface area contributed by atoms with Crippen molar-refractivity contribution in [3.63, 3.8) is 0 Å². The summed E-state index contributed by atoms with van der Waals surface area (Å²) in [7, 11) is 1.76. The van der Waals surface area contributed by atoms with Crippen LogP contribution in [0.25, 0.3) is 17.0 Å². The number of aliphatic hydroxyl groups is 2. The zero-order valence-corrected chi connectivity index (χ0v) is 26.1. The van der Waals surface area contributed by atoms with Crippen LogP contribution < -0.4 is 19.7 Å². The monoisotopic (exact) mass is 623 g/mol. The second-order valence-electron chi connectivity index (χ2n) is 11.0. The van der Waals surface area contributed by atoms with Crippen molar-refractivity contribution in [1.82, 2.24) is 25.3 Å².